The van der Waals surface area contributed by atoms with E-state index >= 15 is 0 Å². The van der Waals surface area contributed by atoms with Gasteiger partial charge in [-0.3, -0.25) is 4.79 Å². The van der Waals surface area contributed by atoms with Gasteiger partial charge in [-0.2, -0.15) is 0 Å². The molecule has 2 nitrogen and oxygen atoms in total. The Morgan fingerprint density at radius 2 is 2.00 bits per heavy atom. The van der Waals surface area contributed by atoms with E-state index in [1.165, 1.54) is 5.56 Å². The van der Waals surface area contributed by atoms with Crippen LogP contribution in [0.1, 0.15) is 11.1 Å². The third kappa shape index (κ3) is 1.76. The molecule has 90 valence electrons. The molecule has 0 amide bonds. The Hall–Kier alpha value is -1.26. The number of aryl methyl sites for hydroxylation is 2. The summed E-state index contributed by atoms with van der Waals surface area (Å²) in [7, 11) is 0. The summed E-state index contributed by atoms with van der Waals surface area (Å²) in [6.45, 7) is 3.87. The summed E-state index contributed by atoms with van der Waals surface area (Å²) in [5.74, 6) is 0. The average molecular weight is 320 g/mol. The Bertz CT molecular complexity index is 794. The molecule has 0 N–H and O–H groups in total. The van der Waals surface area contributed by atoms with Crippen molar-refractivity contribution in [2.45, 2.75) is 13.8 Å². The third-order valence-corrected chi connectivity index (χ3v) is 5.09. The third-order valence-electron chi connectivity index (χ3n) is 2.91. The Morgan fingerprint density at radius 1 is 1.22 bits per heavy atom. The number of benzene rings is 2. The van der Waals surface area contributed by atoms with Gasteiger partial charge in [0, 0.05) is 0 Å². The minimum Gasteiger partial charge on any atom is -0.288 e. The first kappa shape index (κ1) is 11.8. The molecule has 0 spiro atoms. The van der Waals surface area contributed by atoms with Gasteiger partial charge in [-0.25, -0.2) is 4.98 Å². The fourth-order valence-electron chi connectivity index (χ4n) is 1.94. The standard InChI is InChI=1S/C14H10BrNOS/c1-7-3-4-9-11(5-7)18-14-10(16-9)6-8(2)13(17)12(14)15/h3-6H,1-2H3. The van der Waals surface area contributed by atoms with Gasteiger partial charge in [0.25, 0.3) is 0 Å². The minimum absolute atomic E-state index is 0.0487. The first-order valence-electron chi connectivity index (χ1n) is 5.56. The molecular weight excluding hydrogens is 310 g/mol. The molecule has 2 aliphatic rings. The molecule has 0 aromatic heterocycles. The first-order chi connectivity index (χ1) is 8.56. The Labute approximate surface area is 117 Å². The number of fused-ring (bicyclic) bond motifs is 2. The van der Waals surface area contributed by atoms with Gasteiger partial charge in [-0.15, -0.1) is 11.3 Å². The van der Waals surface area contributed by atoms with Gasteiger partial charge in [-0.05, 0) is 59.1 Å². The highest BCUT2D eigenvalue weighted by molar-refractivity contribution is 9.10. The molecule has 1 aliphatic heterocycles. The highest BCUT2D eigenvalue weighted by Crippen LogP contribution is 2.35. The van der Waals surface area contributed by atoms with Crippen molar-refractivity contribution in [3.05, 3.63) is 50.1 Å². The molecule has 0 saturated heterocycles. The van der Waals surface area contributed by atoms with Crippen molar-refractivity contribution >= 4 is 37.5 Å². The summed E-state index contributed by atoms with van der Waals surface area (Å²) in [5, 5.41) is 0. The van der Waals surface area contributed by atoms with Crippen LogP contribution in [0.4, 0.5) is 0 Å². The SMILES string of the molecule is Cc1ccc2nc3cc(C)c(=O)c(Br)c-3sc2c1. The molecule has 3 rings (SSSR count). The Kier molecular flexibility index (Phi) is 2.72. The number of halogens is 1. The van der Waals surface area contributed by atoms with Crippen molar-refractivity contribution < 1.29 is 0 Å². The van der Waals surface area contributed by atoms with E-state index in [2.05, 4.69) is 40.0 Å². The zero-order valence-corrected chi connectivity index (χ0v) is 12.4. The van der Waals surface area contributed by atoms with E-state index in [0.717, 1.165) is 26.4 Å². The van der Waals surface area contributed by atoms with Gasteiger partial charge < -0.3 is 0 Å². The van der Waals surface area contributed by atoms with Gasteiger partial charge in [0.1, 0.15) is 0 Å². The molecule has 0 radical (unpaired) electrons. The summed E-state index contributed by atoms with van der Waals surface area (Å²) in [4.78, 5) is 17.5. The van der Waals surface area contributed by atoms with E-state index in [1.54, 1.807) is 11.3 Å². The summed E-state index contributed by atoms with van der Waals surface area (Å²) in [6, 6.07) is 8.04. The summed E-state index contributed by atoms with van der Waals surface area (Å²) >= 11 is 5.00. The maximum Gasteiger partial charge on any atom is 0.197 e. The smallest absolute Gasteiger partial charge is 0.197 e. The van der Waals surface area contributed by atoms with Crippen LogP contribution in [0, 0.1) is 13.8 Å². The second kappa shape index (κ2) is 4.14. The Balaban J connectivity index is 2.50. The maximum atomic E-state index is 11.9. The van der Waals surface area contributed by atoms with Crippen molar-refractivity contribution in [1.82, 2.24) is 4.98 Å². The lowest BCUT2D eigenvalue weighted by atomic mass is 10.1. The zero-order chi connectivity index (χ0) is 12.9. The van der Waals surface area contributed by atoms with Crippen LogP contribution in [0.2, 0.25) is 0 Å². The average Bonchev–Trinajstić information content (AvgIpc) is 2.35. The molecule has 0 saturated carbocycles. The fourth-order valence-corrected chi connectivity index (χ4v) is 3.77. The summed E-state index contributed by atoms with van der Waals surface area (Å²) < 4.78 is 1.73. The van der Waals surface area contributed by atoms with Gasteiger partial charge in [0.2, 0.25) is 0 Å². The first-order valence-corrected chi connectivity index (χ1v) is 7.17. The van der Waals surface area contributed by atoms with Crippen LogP contribution in [-0.4, -0.2) is 4.98 Å². The molecule has 0 bridgehead atoms. The van der Waals surface area contributed by atoms with Gasteiger partial charge in [-0.1, -0.05) is 6.07 Å². The van der Waals surface area contributed by atoms with Crippen molar-refractivity contribution in [1.29, 1.82) is 0 Å². The molecule has 4 heteroatoms. The van der Waals surface area contributed by atoms with Gasteiger partial charge in [0.15, 0.2) is 5.43 Å². The molecule has 1 heterocycles. The van der Waals surface area contributed by atoms with E-state index in [1.807, 2.05) is 19.1 Å². The fraction of sp³-hybridized carbons (Fsp3) is 0.143. The van der Waals surface area contributed by atoms with E-state index in [-0.39, 0.29) is 5.43 Å². The highest BCUT2D eigenvalue weighted by atomic mass is 79.9. The largest absolute Gasteiger partial charge is 0.288 e. The number of hydrogen-bond donors (Lipinski definition) is 0. The van der Waals surface area contributed by atoms with Gasteiger partial charge >= 0.3 is 0 Å². The molecular formula is C14H10BrNOS. The van der Waals surface area contributed by atoms with Crippen molar-refractivity contribution in [2.75, 3.05) is 0 Å². The van der Waals surface area contributed by atoms with Crippen molar-refractivity contribution in [3.8, 4) is 10.6 Å². The number of aromatic nitrogens is 1. The number of rotatable bonds is 0. The van der Waals surface area contributed by atoms with Crippen LogP contribution in [0.15, 0.2) is 33.5 Å². The highest BCUT2D eigenvalue weighted by Gasteiger charge is 2.15. The van der Waals surface area contributed by atoms with E-state index in [0.29, 0.717) is 4.47 Å². The normalized spacial score (nSPS) is 11.3. The van der Waals surface area contributed by atoms with Gasteiger partial charge in [0.05, 0.1) is 25.3 Å². The predicted octanol–water partition coefficient (Wildman–Crippen LogP) is 4.14. The molecule has 1 aromatic carbocycles. The summed E-state index contributed by atoms with van der Waals surface area (Å²) in [5.41, 5.74) is 3.82. The Morgan fingerprint density at radius 3 is 2.78 bits per heavy atom. The molecule has 18 heavy (non-hydrogen) atoms. The zero-order valence-electron chi connectivity index (χ0n) is 9.95. The van der Waals surface area contributed by atoms with Crippen LogP contribution in [0.25, 0.3) is 20.8 Å². The molecule has 0 atom stereocenters. The maximum absolute atomic E-state index is 11.9. The molecule has 0 unspecified atom stereocenters. The van der Waals surface area contributed by atoms with Crippen LogP contribution < -0.4 is 5.43 Å². The topological polar surface area (TPSA) is 30.0 Å². The lowest BCUT2D eigenvalue weighted by Crippen LogP contribution is -2.08. The van der Waals surface area contributed by atoms with Crippen LogP contribution in [0.5, 0.6) is 0 Å². The number of hydrogen-bond acceptors (Lipinski definition) is 3. The van der Waals surface area contributed by atoms with Crippen LogP contribution in [0.3, 0.4) is 0 Å². The van der Waals surface area contributed by atoms with E-state index in [9.17, 15) is 4.79 Å². The van der Waals surface area contributed by atoms with Crippen molar-refractivity contribution in [2.24, 2.45) is 0 Å². The summed E-state index contributed by atoms with van der Waals surface area (Å²) in [6.07, 6.45) is 0. The van der Waals surface area contributed by atoms with E-state index < -0.39 is 0 Å². The van der Waals surface area contributed by atoms with E-state index in [4.69, 9.17) is 0 Å². The minimum atomic E-state index is 0.0487. The molecule has 1 aliphatic carbocycles. The van der Waals surface area contributed by atoms with Crippen LogP contribution >= 0.6 is 27.3 Å². The second-order valence-electron chi connectivity index (χ2n) is 4.37. The monoisotopic (exact) mass is 319 g/mol. The quantitative estimate of drug-likeness (QED) is 0.583. The van der Waals surface area contributed by atoms with Crippen molar-refractivity contribution in [3.63, 3.8) is 0 Å². The molecule has 1 aromatic rings. The predicted molar refractivity (Wildman–Crippen MR) is 79.7 cm³/mol. The second-order valence-corrected chi connectivity index (χ2v) is 6.22. The lowest BCUT2D eigenvalue weighted by Gasteiger charge is -2.09. The lowest BCUT2D eigenvalue weighted by molar-refractivity contribution is 1.32. The van der Waals surface area contributed by atoms with Crippen LogP contribution in [-0.2, 0) is 0 Å². The number of nitrogens with zero attached hydrogens (tertiary/aromatic N) is 1. The molecule has 0 fully saturated rings.